The van der Waals surface area contributed by atoms with Gasteiger partial charge in [0.15, 0.2) is 0 Å². The summed E-state index contributed by atoms with van der Waals surface area (Å²) in [4.78, 5) is 0. The SMILES string of the molecule is C=CNNC(=C)NC(CC)(C(F)(F)F)C(F)(F)F.Cc1ccc(B=O)cc1F. The molecule has 28 heavy (non-hydrogen) atoms. The maximum atomic E-state index is 12.7. The Balaban J connectivity index is 0.000000609. The van der Waals surface area contributed by atoms with Gasteiger partial charge in [-0.15, -0.1) is 0 Å². The van der Waals surface area contributed by atoms with Crippen molar-refractivity contribution >= 4 is 12.6 Å². The van der Waals surface area contributed by atoms with E-state index in [1.54, 1.807) is 19.1 Å². The third kappa shape index (κ3) is 6.57. The summed E-state index contributed by atoms with van der Waals surface area (Å²) in [6.45, 7) is 8.62. The van der Waals surface area contributed by atoms with Crippen LogP contribution < -0.4 is 21.6 Å². The van der Waals surface area contributed by atoms with Crippen molar-refractivity contribution in [3.8, 4) is 0 Å². The van der Waals surface area contributed by atoms with Crippen LogP contribution in [0.15, 0.2) is 43.4 Å². The topological polar surface area (TPSA) is 53.2 Å². The summed E-state index contributed by atoms with van der Waals surface area (Å²) in [5, 5.41) is 1.33. The van der Waals surface area contributed by atoms with Crippen LogP contribution in [-0.4, -0.2) is 25.0 Å². The Kier molecular flexibility index (Phi) is 9.22. The molecule has 4 nitrogen and oxygen atoms in total. The third-order valence-electron chi connectivity index (χ3n) is 3.52. The summed E-state index contributed by atoms with van der Waals surface area (Å²) >= 11 is 0. The molecule has 0 bridgehead atoms. The molecule has 0 saturated carbocycles. The Labute approximate surface area is 158 Å². The summed E-state index contributed by atoms with van der Waals surface area (Å²) in [6, 6.07) is 4.40. The number of benzene rings is 1. The maximum absolute atomic E-state index is 12.7. The fraction of sp³-hybridized carbons (Fsp3) is 0.375. The van der Waals surface area contributed by atoms with Gasteiger partial charge in [-0.3, -0.25) is 5.43 Å². The predicted octanol–water partition coefficient (Wildman–Crippen LogP) is 3.37. The minimum absolute atomic E-state index is 0.329. The number of nitrogens with one attached hydrogen (secondary N) is 3. The number of halogens is 7. The number of rotatable bonds is 7. The van der Waals surface area contributed by atoms with Gasteiger partial charge in [-0.25, -0.2) is 0 Å². The number of hydrogen-bond donors (Lipinski definition) is 3. The van der Waals surface area contributed by atoms with Crippen LogP contribution in [-0.2, 0) is 4.70 Å². The van der Waals surface area contributed by atoms with Crippen molar-refractivity contribution in [3.05, 3.63) is 54.8 Å². The van der Waals surface area contributed by atoms with E-state index in [9.17, 15) is 35.4 Å². The molecular weight excluding hydrogens is 394 g/mol. The molecule has 0 radical (unpaired) electrons. The van der Waals surface area contributed by atoms with Crippen molar-refractivity contribution < 1.29 is 35.4 Å². The van der Waals surface area contributed by atoms with Crippen LogP contribution in [0.2, 0.25) is 0 Å². The van der Waals surface area contributed by atoms with Crippen LogP contribution in [0.5, 0.6) is 0 Å². The molecule has 156 valence electrons. The number of aryl methyl sites for hydroxylation is 1. The average Bonchev–Trinajstić information content (AvgIpc) is 2.58. The van der Waals surface area contributed by atoms with Crippen molar-refractivity contribution in [2.75, 3.05) is 0 Å². The van der Waals surface area contributed by atoms with Crippen LogP contribution in [0.25, 0.3) is 0 Å². The average molecular weight is 413 g/mol. The molecule has 0 amide bonds. The van der Waals surface area contributed by atoms with Crippen LogP contribution in [0.1, 0.15) is 18.9 Å². The van der Waals surface area contributed by atoms with Gasteiger partial charge in [-0.1, -0.05) is 20.1 Å². The van der Waals surface area contributed by atoms with Gasteiger partial charge in [0.2, 0.25) is 5.54 Å². The first-order valence-corrected chi connectivity index (χ1v) is 7.70. The van der Waals surface area contributed by atoms with Crippen molar-refractivity contribution in [2.45, 2.75) is 38.2 Å². The van der Waals surface area contributed by atoms with Crippen LogP contribution >= 0.6 is 0 Å². The van der Waals surface area contributed by atoms with E-state index in [0.717, 1.165) is 13.1 Å². The van der Waals surface area contributed by atoms with Gasteiger partial charge in [-0.05, 0) is 6.42 Å². The van der Waals surface area contributed by atoms with Gasteiger partial charge < -0.3 is 10.7 Å². The fourth-order valence-electron chi connectivity index (χ4n) is 1.90. The fourth-order valence-corrected chi connectivity index (χ4v) is 1.90. The molecule has 0 aliphatic rings. The molecule has 0 heterocycles. The first-order chi connectivity index (χ1) is 12.8. The Morgan fingerprint density at radius 3 is 2.07 bits per heavy atom. The summed E-state index contributed by atoms with van der Waals surface area (Å²) in [5.74, 6) is -1.00. The molecule has 12 heteroatoms. The summed E-state index contributed by atoms with van der Waals surface area (Å²) in [6.07, 6.45) is -11.2. The molecular formula is C16H19BF7N3O. The van der Waals surface area contributed by atoms with E-state index in [1.165, 1.54) is 11.4 Å². The molecule has 0 aliphatic carbocycles. The second-order valence-electron chi connectivity index (χ2n) is 5.46. The van der Waals surface area contributed by atoms with E-state index >= 15 is 0 Å². The van der Waals surface area contributed by atoms with E-state index in [1.807, 2.05) is 5.43 Å². The molecule has 0 aromatic heterocycles. The quantitative estimate of drug-likeness (QED) is 0.365. The molecule has 1 aromatic carbocycles. The molecule has 1 rings (SSSR count). The Bertz CT molecular complexity index is 676. The molecule has 0 saturated heterocycles. The van der Waals surface area contributed by atoms with Gasteiger partial charge in [-0.2, -0.15) is 26.3 Å². The molecule has 0 aliphatic heterocycles. The summed E-state index contributed by atoms with van der Waals surface area (Å²) in [5.41, 5.74) is 0.997. The Hall–Kier alpha value is -2.53. The summed E-state index contributed by atoms with van der Waals surface area (Å²) in [7, 11) is 0.628. The van der Waals surface area contributed by atoms with E-state index in [0.29, 0.717) is 18.2 Å². The van der Waals surface area contributed by atoms with Crippen LogP contribution in [0.4, 0.5) is 30.7 Å². The molecule has 0 unspecified atom stereocenters. The van der Waals surface area contributed by atoms with Crippen LogP contribution in [0.3, 0.4) is 0 Å². The first-order valence-electron chi connectivity index (χ1n) is 7.70. The zero-order valence-corrected chi connectivity index (χ0v) is 15.1. The van der Waals surface area contributed by atoms with Gasteiger partial charge >= 0.3 is 70.6 Å². The van der Waals surface area contributed by atoms with Gasteiger partial charge in [0.25, 0.3) is 0 Å². The molecule has 0 spiro atoms. The van der Waals surface area contributed by atoms with E-state index in [-0.39, 0.29) is 5.82 Å². The number of hydrazine groups is 1. The Morgan fingerprint density at radius 2 is 1.71 bits per heavy atom. The zero-order valence-electron chi connectivity index (χ0n) is 15.1. The summed E-state index contributed by atoms with van der Waals surface area (Å²) < 4.78 is 98.7. The second kappa shape index (κ2) is 10.1. The molecule has 1 aromatic rings. The number of alkyl halides is 6. The third-order valence-corrected chi connectivity index (χ3v) is 3.52. The molecule has 0 atom stereocenters. The van der Waals surface area contributed by atoms with Crippen molar-refractivity contribution in [1.29, 1.82) is 0 Å². The zero-order chi connectivity index (χ0) is 22.2. The molecule has 3 N–H and O–H groups in total. The number of hydrogen-bond acceptors (Lipinski definition) is 4. The van der Waals surface area contributed by atoms with Crippen LogP contribution in [0, 0.1) is 12.7 Å². The first kappa shape index (κ1) is 25.5. The second-order valence-corrected chi connectivity index (χ2v) is 5.46. The van der Waals surface area contributed by atoms with Crippen molar-refractivity contribution in [2.24, 2.45) is 0 Å². The van der Waals surface area contributed by atoms with Gasteiger partial charge in [0.1, 0.15) is 5.82 Å². The van der Waals surface area contributed by atoms with Gasteiger partial charge in [0.05, 0.1) is 0 Å². The van der Waals surface area contributed by atoms with Gasteiger partial charge in [0, 0.05) is 6.20 Å². The van der Waals surface area contributed by atoms with E-state index in [2.05, 4.69) is 18.6 Å². The Morgan fingerprint density at radius 1 is 1.18 bits per heavy atom. The van der Waals surface area contributed by atoms with Crippen molar-refractivity contribution in [1.82, 2.24) is 16.2 Å². The van der Waals surface area contributed by atoms with Crippen molar-refractivity contribution in [3.63, 3.8) is 0 Å². The van der Waals surface area contributed by atoms with E-state index in [4.69, 9.17) is 0 Å². The predicted molar refractivity (Wildman–Crippen MR) is 91.1 cm³/mol. The molecule has 0 fully saturated rings. The minimum atomic E-state index is -5.52. The van der Waals surface area contributed by atoms with E-state index < -0.39 is 30.1 Å². The standard InChI is InChI=1S/C9H13F6N3.C7H6BFO/c1-4-7(8(10,11)12,9(13,14)15)17-6(3)18-16-5-2;1-5-2-3-6(8-10)4-7(5)9/h5,16-18H,2-4H2,1H3;2-4H,1H3. The normalized spacial score (nSPS) is 11.5. The monoisotopic (exact) mass is 413 g/mol.